The van der Waals surface area contributed by atoms with Crippen molar-refractivity contribution in [2.24, 2.45) is 0 Å². The quantitative estimate of drug-likeness (QED) is 0.273. The zero-order valence-corrected chi connectivity index (χ0v) is 12.5. The van der Waals surface area contributed by atoms with Gasteiger partial charge < -0.3 is 9.47 Å². The number of terminal acetylenes is 1. The molecule has 2 nitrogen and oxygen atoms in total. The molecule has 0 unspecified atom stereocenters. The molecule has 20 heavy (non-hydrogen) atoms. The van der Waals surface area contributed by atoms with Crippen molar-refractivity contribution < 1.29 is 9.47 Å². The molecule has 0 fully saturated rings. The maximum atomic E-state index is 5.92. The molecule has 0 spiro atoms. The Kier molecular flexibility index (Phi) is 8.78. The largest absolute Gasteiger partial charge is 0.371 e. The van der Waals surface area contributed by atoms with Crippen molar-refractivity contribution in [3.05, 3.63) is 36.5 Å². The zero-order valence-electron chi connectivity index (χ0n) is 12.5. The van der Waals surface area contributed by atoms with Gasteiger partial charge in [-0.05, 0) is 24.8 Å². The van der Waals surface area contributed by atoms with Crippen LogP contribution in [0.25, 0.3) is 0 Å². The Morgan fingerprint density at radius 1 is 1.35 bits per heavy atom. The minimum absolute atomic E-state index is 0.0629. The lowest BCUT2D eigenvalue weighted by Crippen LogP contribution is -2.33. The minimum Gasteiger partial charge on any atom is -0.371 e. The highest BCUT2D eigenvalue weighted by atomic mass is 16.5. The number of rotatable bonds is 9. The number of unbranched alkanes of at least 4 members (excludes halogenated alkanes) is 2. The molecule has 0 amide bonds. The summed E-state index contributed by atoms with van der Waals surface area (Å²) in [5, 5.41) is 0. The molecule has 1 aliphatic rings. The van der Waals surface area contributed by atoms with Crippen molar-refractivity contribution in [1.82, 2.24) is 0 Å². The third kappa shape index (κ3) is 6.75. The number of hydrogen-bond acceptors (Lipinski definition) is 2. The van der Waals surface area contributed by atoms with E-state index in [1.54, 1.807) is 0 Å². The fraction of sp³-hybridized carbons (Fsp3) is 0.556. The van der Waals surface area contributed by atoms with Crippen molar-refractivity contribution in [3.63, 3.8) is 0 Å². The van der Waals surface area contributed by atoms with Crippen LogP contribution in [0.15, 0.2) is 36.5 Å². The summed E-state index contributed by atoms with van der Waals surface area (Å²) in [7, 11) is 0. The average molecular weight is 274 g/mol. The lowest BCUT2D eigenvalue weighted by molar-refractivity contribution is -0.0580. The molecule has 110 valence electrons. The first-order chi connectivity index (χ1) is 9.77. The van der Waals surface area contributed by atoms with E-state index in [9.17, 15) is 0 Å². The summed E-state index contributed by atoms with van der Waals surface area (Å²) < 4.78 is 11.5. The molecule has 0 aromatic carbocycles. The van der Waals surface area contributed by atoms with E-state index in [4.69, 9.17) is 15.9 Å². The van der Waals surface area contributed by atoms with Crippen LogP contribution in [-0.4, -0.2) is 25.4 Å². The van der Waals surface area contributed by atoms with Crippen LogP contribution in [0.4, 0.5) is 0 Å². The van der Waals surface area contributed by atoms with Gasteiger partial charge in [-0.1, -0.05) is 56.6 Å². The number of ether oxygens (including phenoxy) is 2. The van der Waals surface area contributed by atoms with Gasteiger partial charge in [0.1, 0.15) is 6.61 Å². The summed E-state index contributed by atoms with van der Waals surface area (Å²) in [5.41, 5.74) is 1.01. The van der Waals surface area contributed by atoms with Crippen LogP contribution in [0.1, 0.15) is 39.0 Å². The van der Waals surface area contributed by atoms with Gasteiger partial charge in [-0.3, -0.25) is 0 Å². The molecular formula is C18H26O2. The maximum Gasteiger partial charge on any atom is 0.107 e. The van der Waals surface area contributed by atoms with E-state index < -0.39 is 0 Å². The summed E-state index contributed by atoms with van der Waals surface area (Å²) in [5.74, 6) is 2.51. The smallest absolute Gasteiger partial charge is 0.107 e. The van der Waals surface area contributed by atoms with Gasteiger partial charge in [-0.15, -0.1) is 6.42 Å². The Morgan fingerprint density at radius 3 is 2.70 bits per heavy atom. The number of hydrogen-bond donors (Lipinski definition) is 0. The summed E-state index contributed by atoms with van der Waals surface area (Å²) in [6.07, 6.45) is 19.2. The van der Waals surface area contributed by atoms with Crippen molar-refractivity contribution in [2.75, 3.05) is 13.2 Å². The summed E-state index contributed by atoms with van der Waals surface area (Å²) in [4.78, 5) is 0. The summed E-state index contributed by atoms with van der Waals surface area (Å²) in [6, 6.07) is 0. The normalized spacial score (nSPS) is 22.0. The van der Waals surface area contributed by atoms with E-state index in [1.165, 1.54) is 12.8 Å². The molecule has 0 radical (unpaired) electrons. The number of allylic oxidation sites excluding steroid dienone is 1. The van der Waals surface area contributed by atoms with Gasteiger partial charge in [0.25, 0.3) is 0 Å². The second-order valence-corrected chi connectivity index (χ2v) is 5.05. The maximum absolute atomic E-state index is 5.92. The minimum atomic E-state index is 0.0629. The van der Waals surface area contributed by atoms with Crippen LogP contribution in [-0.2, 0) is 9.47 Å². The van der Waals surface area contributed by atoms with Crippen LogP contribution in [0.3, 0.4) is 0 Å². The van der Waals surface area contributed by atoms with E-state index in [1.807, 2.05) is 0 Å². The average Bonchev–Trinajstić information content (AvgIpc) is 2.48. The highest BCUT2D eigenvalue weighted by molar-refractivity contribution is 5.14. The van der Waals surface area contributed by atoms with Gasteiger partial charge in [0.2, 0.25) is 0 Å². The summed E-state index contributed by atoms with van der Waals surface area (Å²) >= 11 is 0. The van der Waals surface area contributed by atoms with Crippen LogP contribution in [0, 0.1) is 12.3 Å². The molecule has 0 aliphatic heterocycles. The highest BCUT2D eigenvalue weighted by Gasteiger charge is 2.23. The van der Waals surface area contributed by atoms with Crippen molar-refractivity contribution >= 4 is 0 Å². The lowest BCUT2D eigenvalue weighted by atomic mass is 10.0. The third-order valence-corrected chi connectivity index (χ3v) is 3.26. The molecule has 0 heterocycles. The molecule has 2 heteroatoms. The van der Waals surface area contributed by atoms with Gasteiger partial charge in [0, 0.05) is 0 Å². The Balaban J connectivity index is 2.31. The van der Waals surface area contributed by atoms with E-state index in [0.717, 1.165) is 24.8 Å². The zero-order chi connectivity index (χ0) is 14.6. The topological polar surface area (TPSA) is 18.5 Å². The predicted octanol–water partition coefficient (Wildman–Crippen LogP) is 4.04. The van der Waals surface area contributed by atoms with Crippen LogP contribution < -0.4 is 0 Å². The van der Waals surface area contributed by atoms with E-state index in [0.29, 0.717) is 13.2 Å². The van der Waals surface area contributed by atoms with Crippen LogP contribution in [0.2, 0.25) is 0 Å². The van der Waals surface area contributed by atoms with Gasteiger partial charge in [-0.2, -0.15) is 0 Å². The van der Waals surface area contributed by atoms with Gasteiger partial charge >= 0.3 is 0 Å². The Bertz CT molecular complexity index is 373. The fourth-order valence-electron chi connectivity index (χ4n) is 2.10. The second-order valence-electron chi connectivity index (χ2n) is 5.05. The van der Waals surface area contributed by atoms with Crippen molar-refractivity contribution in [2.45, 2.75) is 51.2 Å². The SMILES string of the molecule is C#CCO[C@@H]1CC=CC[C@H]1OCC(=C)/C=C/CCCC. The Morgan fingerprint density at radius 2 is 2.05 bits per heavy atom. The molecule has 0 saturated heterocycles. The molecule has 0 aromatic rings. The van der Waals surface area contributed by atoms with Gasteiger partial charge in [0.15, 0.2) is 0 Å². The van der Waals surface area contributed by atoms with Crippen LogP contribution >= 0.6 is 0 Å². The Labute approximate surface area is 123 Å². The van der Waals surface area contributed by atoms with Gasteiger partial charge in [0.05, 0.1) is 18.8 Å². The molecule has 0 N–H and O–H groups in total. The van der Waals surface area contributed by atoms with Gasteiger partial charge in [-0.25, -0.2) is 0 Å². The first-order valence-corrected chi connectivity index (χ1v) is 7.44. The molecule has 0 bridgehead atoms. The molecule has 0 aromatic heterocycles. The second kappa shape index (κ2) is 10.5. The van der Waals surface area contributed by atoms with E-state index in [2.05, 4.69) is 43.7 Å². The highest BCUT2D eigenvalue weighted by Crippen LogP contribution is 2.19. The van der Waals surface area contributed by atoms with Crippen molar-refractivity contribution in [1.29, 1.82) is 0 Å². The van der Waals surface area contributed by atoms with E-state index >= 15 is 0 Å². The fourth-order valence-corrected chi connectivity index (χ4v) is 2.10. The molecule has 1 rings (SSSR count). The molecule has 0 saturated carbocycles. The van der Waals surface area contributed by atoms with Crippen LogP contribution in [0.5, 0.6) is 0 Å². The monoisotopic (exact) mass is 274 g/mol. The lowest BCUT2D eigenvalue weighted by Gasteiger charge is -2.28. The first kappa shape index (κ1) is 16.8. The third-order valence-electron chi connectivity index (χ3n) is 3.26. The van der Waals surface area contributed by atoms with E-state index in [-0.39, 0.29) is 12.2 Å². The molecule has 2 atom stereocenters. The standard InChI is InChI=1S/C18H26O2/c1-4-6-7-8-11-16(3)15-20-18-13-10-9-12-17(18)19-14-5-2/h2,8-11,17-18H,3-4,6-7,12-15H2,1H3/b11-8+/t17-,18-/m1/s1. The summed E-state index contributed by atoms with van der Waals surface area (Å²) in [6.45, 7) is 7.11. The van der Waals surface area contributed by atoms with Crippen molar-refractivity contribution in [3.8, 4) is 12.3 Å². The molecule has 1 aliphatic carbocycles. The predicted molar refractivity (Wildman–Crippen MR) is 84.5 cm³/mol. The Hall–Kier alpha value is -1.30. The first-order valence-electron chi connectivity index (χ1n) is 7.44. The molecular weight excluding hydrogens is 248 g/mol.